The van der Waals surface area contributed by atoms with Crippen LogP contribution < -0.4 is 10.6 Å². The zero-order valence-corrected chi connectivity index (χ0v) is 11.4. The minimum Gasteiger partial charge on any atom is -0.481 e. The molecule has 0 bridgehead atoms. The fourth-order valence-corrected chi connectivity index (χ4v) is 2.23. The van der Waals surface area contributed by atoms with Crippen LogP contribution in [0.1, 0.15) is 12.0 Å². The quantitative estimate of drug-likeness (QED) is 0.745. The molecule has 1 aliphatic rings. The van der Waals surface area contributed by atoms with Gasteiger partial charge in [-0.25, -0.2) is 4.79 Å². The van der Waals surface area contributed by atoms with E-state index < -0.39 is 11.9 Å². The molecule has 106 valence electrons. The molecule has 0 heterocycles. The average molecular weight is 295 g/mol. The summed E-state index contributed by atoms with van der Waals surface area (Å²) in [5.74, 6) is -1.40. The summed E-state index contributed by atoms with van der Waals surface area (Å²) in [5, 5.41) is 14.9. The Hall–Kier alpha value is -2.01. The van der Waals surface area contributed by atoms with Gasteiger partial charge in [-0.05, 0) is 18.1 Å². The second kappa shape index (κ2) is 6.43. The zero-order valence-electron chi connectivity index (χ0n) is 10.7. The van der Waals surface area contributed by atoms with E-state index >= 15 is 0 Å². The van der Waals surface area contributed by atoms with Crippen LogP contribution in [0.3, 0.4) is 0 Å². The number of hydrogen-bond donors (Lipinski definition) is 3. The van der Waals surface area contributed by atoms with Crippen LogP contribution in [0, 0.1) is 5.92 Å². The summed E-state index contributed by atoms with van der Waals surface area (Å²) in [5.41, 5.74) is 0.828. The zero-order chi connectivity index (χ0) is 14.5. The van der Waals surface area contributed by atoms with Gasteiger partial charge in [-0.2, -0.15) is 0 Å². The fourth-order valence-electron chi connectivity index (χ4n) is 2.03. The van der Waals surface area contributed by atoms with Crippen molar-refractivity contribution >= 4 is 23.6 Å². The Bertz CT molecular complexity index is 545. The van der Waals surface area contributed by atoms with Crippen molar-refractivity contribution < 1.29 is 14.7 Å². The first-order valence-corrected chi connectivity index (χ1v) is 6.63. The van der Waals surface area contributed by atoms with E-state index in [4.69, 9.17) is 16.7 Å². The maximum absolute atomic E-state index is 11.7. The number of hydrogen-bond acceptors (Lipinski definition) is 2. The van der Waals surface area contributed by atoms with Crippen LogP contribution in [0.2, 0.25) is 5.02 Å². The molecule has 0 saturated carbocycles. The lowest BCUT2D eigenvalue weighted by atomic mass is 10.1. The molecule has 0 aromatic heterocycles. The van der Waals surface area contributed by atoms with Crippen LogP contribution in [0.4, 0.5) is 4.79 Å². The summed E-state index contributed by atoms with van der Waals surface area (Å²) in [6.45, 7) is 0.324. The molecule has 1 aliphatic carbocycles. The van der Waals surface area contributed by atoms with E-state index in [1.54, 1.807) is 18.2 Å². The summed E-state index contributed by atoms with van der Waals surface area (Å²) in [6.07, 6.45) is 3.68. The fraction of sp³-hybridized carbons (Fsp3) is 0.286. The third kappa shape index (κ3) is 3.74. The average Bonchev–Trinajstić information content (AvgIpc) is 2.86. The number of halogens is 1. The van der Waals surface area contributed by atoms with Crippen molar-refractivity contribution in [2.45, 2.75) is 19.0 Å². The van der Waals surface area contributed by atoms with E-state index in [0.29, 0.717) is 18.0 Å². The molecule has 5 nitrogen and oxygen atoms in total. The summed E-state index contributed by atoms with van der Waals surface area (Å²) in [7, 11) is 0. The highest BCUT2D eigenvalue weighted by molar-refractivity contribution is 6.31. The molecule has 6 heteroatoms. The van der Waals surface area contributed by atoms with E-state index in [2.05, 4.69) is 10.6 Å². The molecular weight excluding hydrogens is 280 g/mol. The molecule has 2 rings (SSSR count). The molecule has 2 amide bonds. The van der Waals surface area contributed by atoms with Crippen LogP contribution >= 0.6 is 11.6 Å². The van der Waals surface area contributed by atoms with Gasteiger partial charge < -0.3 is 15.7 Å². The number of carbonyl (C=O) groups excluding carboxylic acids is 1. The second-order valence-corrected chi connectivity index (χ2v) is 5.00. The topological polar surface area (TPSA) is 78.4 Å². The lowest BCUT2D eigenvalue weighted by Gasteiger charge is -2.13. The molecule has 0 aliphatic heterocycles. The molecule has 20 heavy (non-hydrogen) atoms. The van der Waals surface area contributed by atoms with Gasteiger partial charge in [0.05, 0.1) is 12.0 Å². The molecule has 0 fully saturated rings. The highest BCUT2D eigenvalue weighted by atomic mass is 35.5. The molecule has 0 radical (unpaired) electrons. The Labute approximate surface area is 121 Å². The van der Waals surface area contributed by atoms with E-state index in [1.165, 1.54) is 0 Å². The second-order valence-electron chi connectivity index (χ2n) is 4.59. The third-order valence-corrected chi connectivity index (χ3v) is 3.48. The van der Waals surface area contributed by atoms with Gasteiger partial charge in [0.15, 0.2) is 0 Å². The van der Waals surface area contributed by atoms with Gasteiger partial charge in [0, 0.05) is 11.6 Å². The Morgan fingerprint density at radius 2 is 2.05 bits per heavy atom. The van der Waals surface area contributed by atoms with Crippen LogP contribution in [0.25, 0.3) is 0 Å². The smallest absolute Gasteiger partial charge is 0.315 e. The normalized spacial score (nSPS) is 20.6. The molecule has 1 aromatic rings. The van der Waals surface area contributed by atoms with Crippen molar-refractivity contribution in [1.82, 2.24) is 10.6 Å². The van der Waals surface area contributed by atoms with Gasteiger partial charge >= 0.3 is 12.0 Å². The SMILES string of the molecule is O=C(NCc1ccccc1Cl)NC1C=CC(C(=O)O)C1. The maximum Gasteiger partial charge on any atom is 0.315 e. The number of carboxylic acid groups (broad SMARTS) is 1. The first-order valence-electron chi connectivity index (χ1n) is 6.25. The Kier molecular flexibility index (Phi) is 4.63. The molecule has 2 atom stereocenters. The van der Waals surface area contributed by atoms with E-state index in [-0.39, 0.29) is 12.1 Å². The number of benzene rings is 1. The molecule has 0 spiro atoms. The Morgan fingerprint density at radius 3 is 2.70 bits per heavy atom. The standard InChI is InChI=1S/C14H15ClN2O3/c15-12-4-2-1-3-10(12)8-16-14(20)17-11-6-5-9(7-11)13(18)19/h1-6,9,11H,7-8H2,(H,18,19)(H2,16,17,20). The summed E-state index contributed by atoms with van der Waals surface area (Å²) in [6, 6.07) is 6.67. The summed E-state index contributed by atoms with van der Waals surface area (Å²) < 4.78 is 0. The van der Waals surface area contributed by atoms with Gasteiger partial charge in [-0.3, -0.25) is 4.79 Å². The highest BCUT2D eigenvalue weighted by Gasteiger charge is 2.25. The lowest BCUT2D eigenvalue weighted by molar-refractivity contribution is -0.140. The molecule has 3 N–H and O–H groups in total. The van der Waals surface area contributed by atoms with Gasteiger partial charge in [0.2, 0.25) is 0 Å². The Balaban J connectivity index is 1.78. The van der Waals surface area contributed by atoms with E-state index in [0.717, 1.165) is 5.56 Å². The number of urea groups is 1. The number of carboxylic acids is 1. The predicted molar refractivity (Wildman–Crippen MR) is 75.5 cm³/mol. The maximum atomic E-state index is 11.7. The van der Waals surface area contributed by atoms with Gasteiger partial charge in [-0.15, -0.1) is 0 Å². The molecule has 1 aromatic carbocycles. The Morgan fingerprint density at radius 1 is 1.30 bits per heavy atom. The highest BCUT2D eigenvalue weighted by Crippen LogP contribution is 2.18. The number of rotatable bonds is 4. The number of nitrogens with one attached hydrogen (secondary N) is 2. The van der Waals surface area contributed by atoms with Crippen molar-refractivity contribution in [3.8, 4) is 0 Å². The van der Waals surface area contributed by atoms with Crippen molar-refractivity contribution in [2.75, 3.05) is 0 Å². The molecule has 2 unspecified atom stereocenters. The first kappa shape index (κ1) is 14.4. The van der Waals surface area contributed by atoms with Crippen molar-refractivity contribution in [3.63, 3.8) is 0 Å². The van der Waals surface area contributed by atoms with Crippen LogP contribution in [0.5, 0.6) is 0 Å². The summed E-state index contributed by atoms with van der Waals surface area (Å²) in [4.78, 5) is 22.5. The number of amides is 2. The van der Waals surface area contributed by atoms with E-state index in [9.17, 15) is 9.59 Å². The minimum absolute atomic E-state index is 0.248. The summed E-state index contributed by atoms with van der Waals surface area (Å²) >= 11 is 5.98. The first-order chi connectivity index (χ1) is 9.56. The number of aliphatic carboxylic acids is 1. The molecule has 0 saturated heterocycles. The largest absolute Gasteiger partial charge is 0.481 e. The van der Waals surface area contributed by atoms with Gasteiger partial charge in [0.1, 0.15) is 0 Å². The van der Waals surface area contributed by atoms with E-state index in [1.807, 2.05) is 18.2 Å². The van der Waals surface area contributed by atoms with Crippen LogP contribution in [-0.2, 0) is 11.3 Å². The minimum atomic E-state index is -0.873. The monoisotopic (exact) mass is 294 g/mol. The van der Waals surface area contributed by atoms with Crippen molar-refractivity contribution in [2.24, 2.45) is 5.92 Å². The lowest BCUT2D eigenvalue weighted by Crippen LogP contribution is -2.40. The van der Waals surface area contributed by atoms with Gasteiger partial charge in [-0.1, -0.05) is 42.0 Å². The molecular formula is C14H15ClN2O3. The number of carbonyl (C=O) groups is 2. The predicted octanol–water partition coefficient (Wildman–Crippen LogP) is 2.17. The van der Waals surface area contributed by atoms with Crippen LogP contribution in [-0.4, -0.2) is 23.1 Å². The third-order valence-electron chi connectivity index (χ3n) is 3.11. The van der Waals surface area contributed by atoms with Crippen molar-refractivity contribution in [3.05, 3.63) is 47.0 Å². The van der Waals surface area contributed by atoms with Gasteiger partial charge in [0.25, 0.3) is 0 Å². The van der Waals surface area contributed by atoms with Crippen molar-refractivity contribution in [1.29, 1.82) is 0 Å². The van der Waals surface area contributed by atoms with Crippen LogP contribution in [0.15, 0.2) is 36.4 Å².